The van der Waals surface area contributed by atoms with Crippen molar-refractivity contribution in [3.8, 4) is 0 Å². The number of anilines is 2. The lowest BCUT2D eigenvalue weighted by molar-refractivity contribution is 0.602. The van der Waals surface area contributed by atoms with Gasteiger partial charge in [-0.25, -0.2) is 13.4 Å². The van der Waals surface area contributed by atoms with Gasteiger partial charge >= 0.3 is 0 Å². The smallest absolute Gasteiger partial charge is 0.207 e. The Morgan fingerprint density at radius 2 is 1.94 bits per heavy atom. The molecule has 0 aliphatic heterocycles. The van der Waals surface area contributed by atoms with Crippen molar-refractivity contribution in [1.82, 2.24) is 9.55 Å². The van der Waals surface area contributed by atoms with Crippen LogP contribution in [0.25, 0.3) is 0 Å². The number of aromatic nitrogens is 2. The Morgan fingerprint density at radius 1 is 1.28 bits per heavy atom. The number of sulfone groups is 1. The van der Waals surface area contributed by atoms with Crippen molar-refractivity contribution in [2.75, 3.05) is 11.6 Å². The molecule has 1 aromatic carbocycles. The first-order chi connectivity index (χ1) is 8.50. The van der Waals surface area contributed by atoms with Crippen LogP contribution in [0, 0.1) is 0 Å². The first-order valence-electron chi connectivity index (χ1n) is 5.59. The third-order valence-electron chi connectivity index (χ3n) is 2.59. The van der Waals surface area contributed by atoms with Gasteiger partial charge in [0.2, 0.25) is 5.95 Å². The molecular formula is C12H15N3O2S. The maximum Gasteiger partial charge on any atom is 0.207 e. The second-order valence-corrected chi connectivity index (χ2v) is 5.97. The standard InChI is InChI=1S/C12H15N3O2S/c1-3-15-9-8-13-12(15)14-10-4-6-11(7-5-10)18(2,16)17/h4-9H,3H2,1-2H3,(H,13,14). The molecule has 1 aromatic heterocycles. The Kier molecular flexibility index (Phi) is 3.38. The Labute approximate surface area is 106 Å². The van der Waals surface area contributed by atoms with Crippen molar-refractivity contribution in [2.24, 2.45) is 0 Å². The summed E-state index contributed by atoms with van der Waals surface area (Å²) < 4.78 is 24.6. The van der Waals surface area contributed by atoms with E-state index in [4.69, 9.17) is 0 Å². The predicted octanol–water partition coefficient (Wildman–Crippen LogP) is 2.05. The molecular weight excluding hydrogens is 250 g/mol. The predicted molar refractivity (Wildman–Crippen MR) is 70.7 cm³/mol. The van der Waals surface area contributed by atoms with Gasteiger partial charge in [0, 0.05) is 30.9 Å². The molecule has 96 valence electrons. The molecule has 0 radical (unpaired) electrons. The lowest BCUT2D eigenvalue weighted by atomic mass is 10.3. The van der Waals surface area contributed by atoms with Gasteiger partial charge in [-0.1, -0.05) is 0 Å². The first-order valence-corrected chi connectivity index (χ1v) is 7.48. The molecule has 0 saturated carbocycles. The lowest BCUT2D eigenvalue weighted by Gasteiger charge is -2.08. The second-order valence-electron chi connectivity index (χ2n) is 3.96. The molecule has 0 spiro atoms. The number of aryl methyl sites for hydroxylation is 1. The van der Waals surface area contributed by atoms with Gasteiger partial charge in [-0.2, -0.15) is 0 Å². The molecule has 0 atom stereocenters. The van der Waals surface area contributed by atoms with Crippen molar-refractivity contribution in [3.63, 3.8) is 0 Å². The largest absolute Gasteiger partial charge is 0.326 e. The van der Waals surface area contributed by atoms with Crippen molar-refractivity contribution in [2.45, 2.75) is 18.4 Å². The highest BCUT2D eigenvalue weighted by Gasteiger charge is 2.07. The summed E-state index contributed by atoms with van der Waals surface area (Å²) in [6, 6.07) is 6.61. The number of rotatable bonds is 4. The summed E-state index contributed by atoms with van der Waals surface area (Å²) in [6.45, 7) is 2.85. The van der Waals surface area contributed by atoms with Crippen LogP contribution in [0.5, 0.6) is 0 Å². The number of nitrogens with one attached hydrogen (secondary N) is 1. The van der Waals surface area contributed by atoms with Crippen LogP contribution in [-0.4, -0.2) is 24.2 Å². The SMILES string of the molecule is CCn1ccnc1Nc1ccc(S(C)(=O)=O)cc1. The average Bonchev–Trinajstić information content (AvgIpc) is 2.76. The topological polar surface area (TPSA) is 64.0 Å². The Hall–Kier alpha value is -1.82. The van der Waals surface area contributed by atoms with Crippen LogP contribution in [-0.2, 0) is 16.4 Å². The number of benzene rings is 1. The zero-order valence-corrected chi connectivity index (χ0v) is 11.1. The van der Waals surface area contributed by atoms with Gasteiger partial charge in [0.25, 0.3) is 0 Å². The summed E-state index contributed by atoms with van der Waals surface area (Å²) in [5, 5.41) is 3.14. The molecule has 0 fully saturated rings. The van der Waals surface area contributed by atoms with Crippen molar-refractivity contribution in [1.29, 1.82) is 0 Å². The maximum absolute atomic E-state index is 11.3. The number of nitrogens with zero attached hydrogens (tertiary/aromatic N) is 2. The highest BCUT2D eigenvalue weighted by molar-refractivity contribution is 7.90. The molecule has 1 N–H and O–H groups in total. The first kappa shape index (κ1) is 12.6. The van der Waals surface area contributed by atoms with Crippen LogP contribution in [0.4, 0.5) is 11.6 Å². The molecule has 0 unspecified atom stereocenters. The van der Waals surface area contributed by atoms with Crippen LogP contribution in [0.3, 0.4) is 0 Å². The van der Waals surface area contributed by atoms with Crippen LogP contribution in [0.2, 0.25) is 0 Å². The third kappa shape index (κ3) is 2.70. The van der Waals surface area contributed by atoms with Gasteiger partial charge in [0.15, 0.2) is 9.84 Å². The zero-order valence-electron chi connectivity index (χ0n) is 10.3. The molecule has 18 heavy (non-hydrogen) atoms. The van der Waals surface area contributed by atoms with E-state index in [2.05, 4.69) is 10.3 Å². The van der Waals surface area contributed by atoms with E-state index in [-0.39, 0.29) is 0 Å². The average molecular weight is 265 g/mol. The van der Waals surface area contributed by atoms with E-state index < -0.39 is 9.84 Å². The molecule has 6 heteroatoms. The van der Waals surface area contributed by atoms with Crippen LogP contribution < -0.4 is 5.32 Å². The third-order valence-corrected chi connectivity index (χ3v) is 3.72. The summed E-state index contributed by atoms with van der Waals surface area (Å²) in [5.74, 6) is 0.740. The maximum atomic E-state index is 11.3. The summed E-state index contributed by atoms with van der Waals surface area (Å²) >= 11 is 0. The van der Waals surface area contributed by atoms with E-state index in [0.29, 0.717) is 4.90 Å². The highest BCUT2D eigenvalue weighted by atomic mass is 32.2. The quantitative estimate of drug-likeness (QED) is 0.919. The Balaban J connectivity index is 2.21. The summed E-state index contributed by atoms with van der Waals surface area (Å²) in [5.41, 5.74) is 0.809. The van der Waals surface area contributed by atoms with Gasteiger partial charge in [-0.05, 0) is 31.2 Å². The Morgan fingerprint density at radius 3 is 2.50 bits per heavy atom. The summed E-state index contributed by atoms with van der Waals surface area (Å²) in [6.07, 6.45) is 4.79. The fraction of sp³-hybridized carbons (Fsp3) is 0.250. The number of imidazole rings is 1. The monoisotopic (exact) mass is 265 g/mol. The van der Waals surface area contributed by atoms with Crippen molar-refractivity contribution < 1.29 is 8.42 Å². The molecule has 0 saturated heterocycles. The Bertz CT molecular complexity index is 630. The van der Waals surface area contributed by atoms with E-state index in [1.807, 2.05) is 17.7 Å². The molecule has 0 amide bonds. The van der Waals surface area contributed by atoms with Crippen LogP contribution >= 0.6 is 0 Å². The van der Waals surface area contributed by atoms with Crippen molar-refractivity contribution >= 4 is 21.5 Å². The number of hydrogen-bond donors (Lipinski definition) is 1. The lowest BCUT2D eigenvalue weighted by Crippen LogP contribution is -2.02. The molecule has 0 aliphatic carbocycles. The van der Waals surface area contributed by atoms with Gasteiger partial charge in [0.05, 0.1) is 4.90 Å². The fourth-order valence-electron chi connectivity index (χ4n) is 1.60. The zero-order chi connectivity index (χ0) is 13.2. The highest BCUT2D eigenvalue weighted by Crippen LogP contribution is 2.17. The van der Waals surface area contributed by atoms with Gasteiger partial charge in [-0.15, -0.1) is 0 Å². The molecule has 2 rings (SSSR count). The summed E-state index contributed by atoms with van der Waals surface area (Å²) in [4.78, 5) is 4.50. The number of hydrogen-bond acceptors (Lipinski definition) is 4. The molecule has 0 aliphatic rings. The summed E-state index contributed by atoms with van der Waals surface area (Å²) in [7, 11) is -3.14. The molecule has 2 aromatic rings. The van der Waals surface area contributed by atoms with Gasteiger partial charge < -0.3 is 9.88 Å². The van der Waals surface area contributed by atoms with Crippen molar-refractivity contribution in [3.05, 3.63) is 36.7 Å². The van der Waals surface area contributed by atoms with E-state index in [1.165, 1.54) is 6.26 Å². The van der Waals surface area contributed by atoms with E-state index >= 15 is 0 Å². The molecule has 1 heterocycles. The minimum atomic E-state index is -3.14. The van der Waals surface area contributed by atoms with E-state index in [0.717, 1.165) is 18.2 Å². The fourth-order valence-corrected chi connectivity index (χ4v) is 2.23. The van der Waals surface area contributed by atoms with E-state index in [1.54, 1.807) is 30.5 Å². The van der Waals surface area contributed by atoms with Gasteiger partial charge in [-0.3, -0.25) is 0 Å². The minimum absolute atomic E-state index is 0.312. The second kappa shape index (κ2) is 4.81. The minimum Gasteiger partial charge on any atom is -0.326 e. The van der Waals surface area contributed by atoms with E-state index in [9.17, 15) is 8.42 Å². The normalized spacial score (nSPS) is 11.4. The van der Waals surface area contributed by atoms with Crippen LogP contribution in [0.15, 0.2) is 41.6 Å². The van der Waals surface area contributed by atoms with Gasteiger partial charge in [0.1, 0.15) is 0 Å². The van der Waals surface area contributed by atoms with Crippen LogP contribution in [0.1, 0.15) is 6.92 Å². The molecule has 0 bridgehead atoms. The molecule has 5 nitrogen and oxygen atoms in total.